The van der Waals surface area contributed by atoms with Gasteiger partial charge in [0.05, 0.1) is 5.69 Å². The van der Waals surface area contributed by atoms with Crippen molar-refractivity contribution in [1.82, 2.24) is 4.98 Å². The summed E-state index contributed by atoms with van der Waals surface area (Å²) in [5, 5.41) is 13.0. The number of aromatic carboxylic acids is 1. The number of hydrogen-bond acceptors (Lipinski definition) is 3. The van der Waals surface area contributed by atoms with Crippen molar-refractivity contribution < 1.29 is 14.7 Å². The van der Waals surface area contributed by atoms with E-state index in [-0.39, 0.29) is 17.3 Å². The average molecular weight is 230 g/mol. The molecule has 1 amide bonds. The lowest BCUT2D eigenvalue weighted by Gasteiger charge is -2.09. The van der Waals surface area contributed by atoms with Crippen LogP contribution in [0.2, 0.25) is 0 Å². The zero-order chi connectivity index (χ0) is 12.4. The van der Waals surface area contributed by atoms with Crippen molar-refractivity contribution in [2.24, 2.45) is 0 Å². The van der Waals surface area contributed by atoms with Crippen molar-refractivity contribution in [1.29, 1.82) is 0 Å². The van der Waals surface area contributed by atoms with Gasteiger partial charge in [0.25, 0.3) is 0 Å². The van der Waals surface area contributed by atoms with Crippen LogP contribution in [-0.4, -0.2) is 22.0 Å². The van der Waals surface area contributed by atoms with E-state index < -0.39 is 5.97 Å². The number of carboxylic acids is 1. The lowest BCUT2D eigenvalue weighted by Crippen LogP contribution is -2.12. The van der Waals surface area contributed by atoms with Crippen LogP contribution in [0.4, 0.5) is 5.69 Å². The summed E-state index contributed by atoms with van der Waals surface area (Å²) in [4.78, 5) is 26.0. The second-order valence-electron chi connectivity index (χ2n) is 3.56. The minimum absolute atomic E-state index is 0.154. The van der Waals surface area contributed by atoms with Crippen molar-refractivity contribution in [2.75, 3.05) is 5.32 Å². The number of pyridine rings is 1. The molecule has 0 fully saturated rings. The Hall–Kier alpha value is -2.43. The molecular formula is C12H10N2O3. The predicted molar refractivity (Wildman–Crippen MR) is 63.0 cm³/mol. The number of nitrogens with one attached hydrogen (secondary N) is 1. The maximum atomic E-state index is 11.1. The minimum Gasteiger partial charge on any atom is -0.476 e. The number of carboxylic acid groups (broad SMARTS) is 1. The van der Waals surface area contributed by atoms with E-state index in [4.69, 9.17) is 5.11 Å². The largest absolute Gasteiger partial charge is 0.476 e. The molecule has 0 aliphatic rings. The molecule has 0 aliphatic carbocycles. The fourth-order valence-electron chi connectivity index (χ4n) is 1.63. The van der Waals surface area contributed by atoms with E-state index in [0.717, 1.165) is 5.39 Å². The number of amides is 1. The monoisotopic (exact) mass is 230 g/mol. The molecule has 2 N–H and O–H groups in total. The third-order valence-corrected chi connectivity index (χ3v) is 2.30. The molecule has 0 radical (unpaired) electrons. The molecule has 1 aromatic carbocycles. The van der Waals surface area contributed by atoms with E-state index in [9.17, 15) is 9.59 Å². The standard InChI is InChI=1S/C12H10N2O3/c1-7(15)14-10-9-5-3-2-4-8(9)6-13-11(10)12(16)17/h2-6H,1H3,(H,14,15)(H,16,17). The van der Waals surface area contributed by atoms with E-state index in [0.29, 0.717) is 5.39 Å². The Balaban J connectivity index is 2.74. The molecule has 17 heavy (non-hydrogen) atoms. The highest BCUT2D eigenvalue weighted by atomic mass is 16.4. The molecular weight excluding hydrogens is 220 g/mol. The molecule has 0 unspecified atom stereocenters. The summed E-state index contributed by atoms with van der Waals surface area (Å²) < 4.78 is 0. The molecule has 1 aromatic heterocycles. The summed E-state index contributed by atoms with van der Waals surface area (Å²) >= 11 is 0. The SMILES string of the molecule is CC(=O)Nc1c(C(=O)O)ncc2ccccc12. The number of hydrogen-bond donors (Lipinski definition) is 2. The van der Waals surface area contributed by atoms with Crippen LogP contribution in [-0.2, 0) is 4.79 Å². The van der Waals surface area contributed by atoms with Crippen molar-refractivity contribution in [3.8, 4) is 0 Å². The number of carbonyl (C=O) groups is 2. The Morgan fingerprint density at radius 3 is 2.65 bits per heavy atom. The molecule has 86 valence electrons. The third kappa shape index (κ3) is 2.08. The summed E-state index contributed by atoms with van der Waals surface area (Å²) in [5.41, 5.74) is 0.0852. The summed E-state index contributed by atoms with van der Waals surface area (Å²) in [5.74, 6) is -1.50. The first-order valence-electron chi connectivity index (χ1n) is 4.98. The predicted octanol–water partition coefficient (Wildman–Crippen LogP) is 1.89. The van der Waals surface area contributed by atoms with Gasteiger partial charge >= 0.3 is 5.97 Å². The zero-order valence-corrected chi connectivity index (χ0v) is 9.10. The van der Waals surface area contributed by atoms with Crippen LogP contribution in [0, 0.1) is 0 Å². The Morgan fingerprint density at radius 2 is 2.00 bits per heavy atom. The summed E-state index contributed by atoms with van der Waals surface area (Å²) in [6.07, 6.45) is 1.48. The molecule has 0 aliphatic heterocycles. The second kappa shape index (κ2) is 4.21. The fourth-order valence-corrected chi connectivity index (χ4v) is 1.63. The van der Waals surface area contributed by atoms with Crippen LogP contribution in [0.3, 0.4) is 0 Å². The first-order valence-corrected chi connectivity index (χ1v) is 4.98. The van der Waals surface area contributed by atoms with Crippen molar-refractivity contribution in [3.05, 3.63) is 36.2 Å². The summed E-state index contributed by atoms with van der Waals surface area (Å²) in [7, 11) is 0. The molecule has 0 atom stereocenters. The van der Waals surface area contributed by atoms with Crippen LogP contribution in [0.5, 0.6) is 0 Å². The van der Waals surface area contributed by atoms with Gasteiger partial charge in [-0.2, -0.15) is 0 Å². The second-order valence-corrected chi connectivity index (χ2v) is 3.56. The summed E-state index contributed by atoms with van der Waals surface area (Å²) in [6, 6.07) is 7.15. The average Bonchev–Trinajstić information content (AvgIpc) is 2.28. The van der Waals surface area contributed by atoms with Crippen LogP contribution in [0.15, 0.2) is 30.5 Å². The molecule has 0 bridgehead atoms. The lowest BCUT2D eigenvalue weighted by atomic mass is 10.1. The fraction of sp³-hybridized carbons (Fsp3) is 0.0833. The number of anilines is 1. The van der Waals surface area contributed by atoms with Gasteiger partial charge in [-0.3, -0.25) is 4.79 Å². The van der Waals surface area contributed by atoms with Gasteiger partial charge in [-0.05, 0) is 0 Å². The number of fused-ring (bicyclic) bond motifs is 1. The highest BCUT2D eigenvalue weighted by Gasteiger charge is 2.15. The minimum atomic E-state index is -1.17. The van der Waals surface area contributed by atoms with E-state index in [1.54, 1.807) is 18.2 Å². The lowest BCUT2D eigenvalue weighted by molar-refractivity contribution is -0.114. The van der Waals surface area contributed by atoms with Gasteiger partial charge in [-0.1, -0.05) is 24.3 Å². The number of benzene rings is 1. The first kappa shape index (κ1) is 11.1. The van der Waals surface area contributed by atoms with Crippen LogP contribution in [0.25, 0.3) is 10.8 Å². The van der Waals surface area contributed by atoms with Gasteiger partial charge in [0.2, 0.25) is 5.91 Å². The van der Waals surface area contributed by atoms with Crippen LogP contribution < -0.4 is 5.32 Å². The van der Waals surface area contributed by atoms with Gasteiger partial charge in [0.15, 0.2) is 5.69 Å². The molecule has 5 nitrogen and oxygen atoms in total. The van der Waals surface area contributed by atoms with Gasteiger partial charge in [0, 0.05) is 23.9 Å². The molecule has 1 heterocycles. The quantitative estimate of drug-likeness (QED) is 0.825. The Labute approximate surface area is 97.1 Å². The molecule has 2 rings (SSSR count). The molecule has 2 aromatic rings. The van der Waals surface area contributed by atoms with E-state index in [1.807, 2.05) is 6.07 Å². The van der Waals surface area contributed by atoms with Crippen molar-refractivity contribution in [3.63, 3.8) is 0 Å². The molecule has 0 saturated carbocycles. The van der Waals surface area contributed by atoms with Gasteiger partial charge < -0.3 is 10.4 Å². The summed E-state index contributed by atoms with van der Waals surface area (Å²) in [6.45, 7) is 1.33. The van der Waals surface area contributed by atoms with E-state index in [1.165, 1.54) is 13.1 Å². The maximum absolute atomic E-state index is 11.1. The normalized spacial score (nSPS) is 10.2. The van der Waals surface area contributed by atoms with Crippen LogP contribution >= 0.6 is 0 Å². The van der Waals surface area contributed by atoms with Gasteiger partial charge in [0.1, 0.15) is 0 Å². The topological polar surface area (TPSA) is 79.3 Å². The Morgan fingerprint density at radius 1 is 1.29 bits per heavy atom. The van der Waals surface area contributed by atoms with E-state index >= 15 is 0 Å². The van der Waals surface area contributed by atoms with Gasteiger partial charge in [-0.15, -0.1) is 0 Å². The number of rotatable bonds is 2. The molecule has 0 spiro atoms. The third-order valence-electron chi connectivity index (χ3n) is 2.30. The van der Waals surface area contributed by atoms with E-state index in [2.05, 4.69) is 10.3 Å². The molecule has 5 heteroatoms. The smallest absolute Gasteiger partial charge is 0.356 e. The van der Waals surface area contributed by atoms with Gasteiger partial charge in [-0.25, -0.2) is 9.78 Å². The maximum Gasteiger partial charge on any atom is 0.356 e. The highest BCUT2D eigenvalue weighted by Crippen LogP contribution is 2.25. The van der Waals surface area contributed by atoms with Crippen molar-refractivity contribution in [2.45, 2.75) is 6.92 Å². The number of aromatic nitrogens is 1. The highest BCUT2D eigenvalue weighted by molar-refractivity contribution is 6.08. The first-order chi connectivity index (χ1) is 8.09. The zero-order valence-electron chi connectivity index (χ0n) is 9.10. The Bertz CT molecular complexity index is 608. The van der Waals surface area contributed by atoms with Crippen molar-refractivity contribution >= 4 is 28.3 Å². The van der Waals surface area contributed by atoms with Crippen LogP contribution in [0.1, 0.15) is 17.4 Å². The molecule has 0 saturated heterocycles. The number of nitrogens with zero attached hydrogens (tertiary/aromatic N) is 1. The number of carbonyl (C=O) groups excluding carboxylic acids is 1. The Kier molecular flexibility index (Phi) is 2.74.